The number of carboxylic acids is 1. The summed E-state index contributed by atoms with van der Waals surface area (Å²) >= 11 is 0. The van der Waals surface area contributed by atoms with E-state index in [-0.39, 0.29) is 38.2 Å². The Morgan fingerprint density at radius 3 is 2.10 bits per heavy atom. The van der Waals surface area contributed by atoms with Crippen LogP contribution in [0.2, 0.25) is 0 Å². The molecule has 0 aromatic rings. The van der Waals surface area contributed by atoms with E-state index in [0.717, 1.165) is 0 Å². The van der Waals surface area contributed by atoms with E-state index in [1.165, 1.54) is 0 Å². The Hall–Kier alpha value is -3.46. The monoisotopic (exact) mass is 446 g/mol. The number of aliphatic carboxylic acids is 1. The standard InChI is InChI=1S/C16H30N8O7/c17-8(3-4-11(18)26)13(28)22-6-12(27)23-10(7-25)14(29)24-9(15(30)31)2-1-5-21-16(19)20/h8-10,25H,1-7,17H2,(H2,18,26)(H,22,28)(H,23,27)(H,24,29)(H,30,31)(H4,19,20,21). The summed E-state index contributed by atoms with van der Waals surface area (Å²) < 4.78 is 0. The van der Waals surface area contributed by atoms with Crippen LogP contribution in [0.4, 0.5) is 0 Å². The van der Waals surface area contributed by atoms with Gasteiger partial charge < -0.3 is 49.1 Å². The minimum absolute atomic E-state index is 0.00317. The molecule has 3 atom stereocenters. The smallest absolute Gasteiger partial charge is 0.326 e. The number of carbonyl (C=O) groups is 5. The van der Waals surface area contributed by atoms with E-state index in [1.807, 2.05) is 0 Å². The van der Waals surface area contributed by atoms with Crippen LogP contribution in [0.25, 0.3) is 0 Å². The van der Waals surface area contributed by atoms with Gasteiger partial charge in [-0.1, -0.05) is 0 Å². The fraction of sp³-hybridized carbons (Fsp3) is 0.625. The van der Waals surface area contributed by atoms with Gasteiger partial charge in [-0.25, -0.2) is 4.79 Å². The highest BCUT2D eigenvalue weighted by Crippen LogP contribution is 2.00. The quantitative estimate of drug-likeness (QED) is 0.0654. The Balaban J connectivity index is 4.60. The number of nitrogens with zero attached hydrogens (tertiary/aromatic N) is 1. The number of hydrogen-bond acceptors (Lipinski definition) is 8. The second-order valence-electron chi connectivity index (χ2n) is 6.48. The third-order valence-electron chi connectivity index (χ3n) is 3.86. The van der Waals surface area contributed by atoms with Crippen molar-refractivity contribution in [1.82, 2.24) is 16.0 Å². The molecule has 0 rings (SSSR count). The van der Waals surface area contributed by atoms with Crippen molar-refractivity contribution in [3.05, 3.63) is 0 Å². The number of guanidine groups is 1. The van der Waals surface area contributed by atoms with Gasteiger partial charge in [-0.2, -0.15) is 0 Å². The van der Waals surface area contributed by atoms with Crippen molar-refractivity contribution in [3.63, 3.8) is 0 Å². The molecule has 31 heavy (non-hydrogen) atoms. The second kappa shape index (κ2) is 14.5. The van der Waals surface area contributed by atoms with Gasteiger partial charge in [0.05, 0.1) is 19.2 Å². The Morgan fingerprint density at radius 2 is 1.58 bits per heavy atom. The van der Waals surface area contributed by atoms with Gasteiger partial charge in [-0.05, 0) is 19.3 Å². The average Bonchev–Trinajstić information content (AvgIpc) is 2.69. The maximum atomic E-state index is 12.2. The van der Waals surface area contributed by atoms with Gasteiger partial charge in [0.25, 0.3) is 0 Å². The summed E-state index contributed by atoms with van der Waals surface area (Å²) in [5, 5.41) is 25.1. The van der Waals surface area contributed by atoms with Crippen LogP contribution in [0.1, 0.15) is 25.7 Å². The number of aliphatic hydroxyl groups excluding tert-OH is 1. The molecular formula is C16H30N8O7. The highest BCUT2D eigenvalue weighted by Gasteiger charge is 2.26. The van der Waals surface area contributed by atoms with Gasteiger partial charge in [0, 0.05) is 13.0 Å². The van der Waals surface area contributed by atoms with E-state index in [4.69, 9.17) is 22.9 Å². The highest BCUT2D eigenvalue weighted by molar-refractivity contribution is 5.92. The normalized spacial score (nSPS) is 13.2. The lowest BCUT2D eigenvalue weighted by Gasteiger charge is -2.20. The van der Waals surface area contributed by atoms with E-state index < -0.39 is 60.9 Å². The molecule has 0 aromatic heterocycles. The van der Waals surface area contributed by atoms with Gasteiger partial charge in [0.1, 0.15) is 12.1 Å². The zero-order chi connectivity index (χ0) is 24.0. The van der Waals surface area contributed by atoms with Crippen LogP contribution >= 0.6 is 0 Å². The zero-order valence-electron chi connectivity index (χ0n) is 16.9. The van der Waals surface area contributed by atoms with Crippen LogP contribution in [0.3, 0.4) is 0 Å². The number of carbonyl (C=O) groups excluding carboxylic acids is 4. The average molecular weight is 446 g/mol. The molecule has 0 spiro atoms. The van der Waals surface area contributed by atoms with E-state index in [1.54, 1.807) is 0 Å². The number of hydrogen-bond donors (Lipinski definition) is 9. The summed E-state index contributed by atoms with van der Waals surface area (Å²) in [6, 6.07) is -3.81. The molecule has 0 fully saturated rings. The second-order valence-corrected chi connectivity index (χ2v) is 6.48. The number of aliphatic hydroxyl groups is 1. The molecule has 15 heteroatoms. The Labute approximate surface area is 178 Å². The third kappa shape index (κ3) is 12.7. The van der Waals surface area contributed by atoms with Crippen LogP contribution in [0, 0.1) is 0 Å². The highest BCUT2D eigenvalue weighted by atomic mass is 16.4. The lowest BCUT2D eigenvalue weighted by atomic mass is 10.1. The van der Waals surface area contributed by atoms with Gasteiger partial charge >= 0.3 is 5.97 Å². The van der Waals surface area contributed by atoms with Crippen molar-refractivity contribution in [2.45, 2.75) is 43.8 Å². The van der Waals surface area contributed by atoms with Crippen LogP contribution in [0.5, 0.6) is 0 Å². The lowest BCUT2D eigenvalue weighted by Crippen LogP contribution is -2.55. The summed E-state index contributed by atoms with van der Waals surface area (Å²) in [5.74, 6) is -4.58. The summed E-state index contributed by atoms with van der Waals surface area (Å²) in [5.41, 5.74) is 20.8. The predicted molar refractivity (Wildman–Crippen MR) is 108 cm³/mol. The first-order valence-corrected chi connectivity index (χ1v) is 9.28. The first kappa shape index (κ1) is 27.5. The molecule has 0 saturated heterocycles. The van der Waals surface area contributed by atoms with Crippen molar-refractivity contribution in [2.75, 3.05) is 19.7 Å². The molecule has 3 unspecified atom stereocenters. The van der Waals surface area contributed by atoms with Crippen molar-refractivity contribution in [3.8, 4) is 0 Å². The van der Waals surface area contributed by atoms with Crippen molar-refractivity contribution >= 4 is 35.6 Å². The molecule has 0 aliphatic heterocycles. The van der Waals surface area contributed by atoms with Crippen LogP contribution < -0.4 is 38.9 Å². The molecule has 0 aliphatic carbocycles. The van der Waals surface area contributed by atoms with Gasteiger partial charge in [0.15, 0.2) is 5.96 Å². The number of primary amides is 1. The summed E-state index contributed by atoms with van der Waals surface area (Å²) in [4.78, 5) is 61.5. The summed E-state index contributed by atoms with van der Waals surface area (Å²) in [7, 11) is 0. The Morgan fingerprint density at radius 1 is 0.935 bits per heavy atom. The number of rotatable bonds is 15. The number of nitrogens with one attached hydrogen (secondary N) is 3. The van der Waals surface area contributed by atoms with E-state index in [0.29, 0.717) is 0 Å². The van der Waals surface area contributed by atoms with E-state index in [9.17, 15) is 34.2 Å². The Kier molecular flexibility index (Phi) is 12.9. The molecule has 176 valence electrons. The molecule has 0 saturated carbocycles. The molecule has 0 radical (unpaired) electrons. The molecule has 13 N–H and O–H groups in total. The topological polar surface area (TPSA) is 278 Å². The molecule has 0 aromatic carbocycles. The molecule has 0 bridgehead atoms. The zero-order valence-corrected chi connectivity index (χ0v) is 16.9. The fourth-order valence-electron chi connectivity index (χ4n) is 2.20. The third-order valence-corrected chi connectivity index (χ3v) is 3.86. The fourth-order valence-corrected chi connectivity index (χ4v) is 2.20. The number of aliphatic imine (C=N–C) groups is 1. The van der Waals surface area contributed by atoms with E-state index >= 15 is 0 Å². The number of amides is 4. The summed E-state index contributed by atoms with van der Waals surface area (Å²) in [6.07, 6.45) is 0.144. The van der Waals surface area contributed by atoms with Crippen molar-refractivity contribution in [1.29, 1.82) is 0 Å². The molecule has 4 amide bonds. The molecule has 0 heterocycles. The van der Waals surface area contributed by atoms with Crippen LogP contribution in [-0.4, -0.2) is 83.6 Å². The van der Waals surface area contributed by atoms with Crippen LogP contribution in [0.15, 0.2) is 4.99 Å². The minimum Gasteiger partial charge on any atom is -0.480 e. The van der Waals surface area contributed by atoms with Gasteiger partial charge in [-0.3, -0.25) is 24.2 Å². The number of nitrogens with two attached hydrogens (primary N) is 4. The summed E-state index contributed by atoms with van der Waals surface area (Å²) in [6.45, 7) is -1.22. The first-order chi connectivity index (χ1) is 14.5. The molecule has 15 nitrogen and oxygen atoms in total. The maximum absolute atomic E-state index is 12.2. The predicted octanol–water partition coefficient (Wildman–Crippen LogP) is -5.20. The lowest BCUT2D eigenvalue weighted by molar-refractivity contribution is -0.142. The largest absolute Gasteiger partial charge is 0.480 e. The van der Waals surface area contributed by atoms with Gasteiger partial charge in [0.2, 0.25) is 23.6 Å². The minimum atomic E-state index is -1.45. The Bertz CT molecular complexity index is 681. The van der Waals surface area contributed by atoms with Gasteiger partial charge in [-0.15, -0.1) is 0 Å². The number of carboxylic acid groups (broad SMARTS) is 1. The molecule has 0 aliphatic rings. The first-order valence-electron chi connectivity index (χ1n) is 9.28. The van der Waals surface area contributed by atoms with E-state index in [2.05, 4.69) is 20.9 Å². The maximum Gasteiger partial charge on any atom is 0.326 e. The van der Waals surface area contributed by atoms with Crippen molar-refractivity contribution < 1.29 is 34.2 Å². The molecular weight excluding hydrogens is 416 g/mol. The SMILES string of the molecule is NC(=O)CCC(N)C(=O)NCC(=O)NC(CO)C(=O)NC(CCCN=C(N)N)C(=O)O. The van der Waals surface area contributed by atoms with Crippen molar-refractivity contribution in [2.24, 2.45) is 27.9 Å². The van der Waals surface area contributed by atoms with Crippen LogP contribution in [-0.2, 0) is 24.0 Å².